The second-order valence-corrected chi connectivity index (χ2v) is 5.95. The van der Waals surface area contributed by atoms with Gasteiger partial charge in [0.25, 0.3) is 0 Å². The third-order valence-corrected chi connectivity index (χ3v) is 4.42. The quantitative estimate of drug-likeness (QED) is 0.805. The van der Waals surface area contributed by atoms with Crippen molar-refractivity contribution in [3.8, 4) is 0 Å². The molecule has 0 aromatic heterocycles. The fourth-order valence-electron chi connectivity index (χ4n) is 3.12. The molecule has 19 heavy (non-hydrogen) atoms. The van der Waals surface area contributed by atoms with E-state index in [1.807, 2.05) is 4.90 Å². The lowest BCUT2D eigenvalue weighted by Crippen LogP contribution is -2.44. The summed E-state index contributed by atoms with van der Waals surface area (Å²) in [6, 6.07) is 0.399. The molecular weight excluding hydrogens is 242 g/mol. The van der Waals surface area contributed by atoms with Gasteiger partial charge in [0.05, 0.1) is 11.8 Å². The highest BCUT2D eigenvalue weighted by Crippen LogP contribution is 2.35. The highest BCUT2D eigenvalue weighted by atomic mass is 16.4. The molecular formula is C15H25NO3. The van der Waals surface area contributed by atoms with E-state index in [0.29, 0.717) is 12.5 Å². The number of carboxylic acid groups (broad SMARTS) is 1. The van der Waals surface area contributed by atoms with Crippen LogP contribution in [0.1, 0.15) is 58.3 Å². The van der Waals surface area contributed by atoms with E-state index in [1.165, 1.54) is 0 Å². The first kappa shape index (κ1) is 14.4. The second kappa shape index (κ2) is 6.40. The van der Waals surface area contributed by atoms with Gasteiger partial charge in [0.15, 0.2) is 0 Å². The van der Waals surface area contributed by atoms with E-state index in [-0.39, 0.29) is 11.8 Å². The lowest BCUT2D eigenvalue weighted by Gasteiger charge is -2.33. The van der Waals surface area contributed by atoms with Gasteiger partial charge in [-0.15, -0.1) is 0 Å². The SMILES string of the molecule is CCCCN(C(=O)[C@@H]1CCCC[C@@H]1C(=O)O)C1CC1. The van der Waals surface area contributed by atoms with Gasteiger partial charge in [-0.05, 0) is 32.1 Å². The van der Waals surface area contributed by atoms with Crippen molar-refractivity contribution in [3.05, 3.63) is 0 Å². The van der Waals surface area contributed by atoms with Crippen molar-refractivity contribution in [2.24, 2.45) is 11.8 Å². The Labute approximate surface area is 115 Å². The number of hydrogen-bond acceptors (Lipinski definition) is 2. The van der Waals surface area contributed by atoms with Crippen molar-refractivity contribution in [3.63, 3.8) is 0 Å². The Morgan fingerprint density at radius 1 is 1.11 bits per heavy atom. The number of hydrogen-bond donors (Lipinski definition) is 1. The lowest BCUT2D eigenvalue weighted by molar-refractivity contribution is -0.152. The molecule has 4 heteroatoms. The number of carbonyl (C=O) groups is 2. The molecule has 2 fully saturated rings. The maximum Gasteiger partial charge on any atom is 0.307 e. The van der Waals surface area contributed by atoms with Gasteiger partial charge < -0.3 is 10.0 Å². The molecule has 2 aliphatic rings. The summed E-state index contributed by atoms with van der Waals surface area (Å²) in [6.07, 6.45) is 7.64. The molecule has 0 aromatic carbocycles. The van der Waals surface area contributed by atoms with E-state index >= 15 is 0 Å². The topological polar surface area (TPSA) is 57.6 Å². The van der Waals surface area contributed by atoms with Crippen LogP contribution in [0.2, 0.25) is 0 Å². The number of unbranched alkanes of at least 4 members (excludes halogenated alkanes) is 1. The van der Waals surface area contributed by atoms with Crippen LogP contribution in [-0.4, -0.2) is 34.5 Å². The van der Waals surface area contributed by atoms with Crippen molar-refractivity contribution >= 4 is 11.9 Å². The molecule has 0 radical (unpaired) electrons. The van der Waals surface area contributed by atoms with Crippen molar-refractivity contribution < 1.29 is 14.7 Å². The molecule has 2 rings (SSSR count). The average molecular weight is 267 g/mol. The molecule has 0 unspecified atom stereocenters. The van der Waals surface area contributed by atoms with E-state index < -0.39 is 11.9 Å². The van der Waals surface area contributed by atoms with Gasteiger partial charge in [0, 0.05) is 12.6 Å². The molecule has 4 nitrogen and oxygen atoms in total. The zero-order valence-electron chi connectivity index (χ0n) is 11.8. The van der Waals surface area contributed by atoms with E-state index in [2.05, 4.69) is 6.92 Å². The maximum atomic E-state index is 12.7. The highest BCUT2D eigenvalue weighted by Gasteiger charge is 2.41. The number of aliphatic carboxylic acids is 1. The molecule has 0 bridgehead atoms. The zero-order chi connectivity index (χ0) is 13.8. The molecule has 2 atom stereocenters. The van der Waals surface area contributed by atoms with Crippen molar-refractivity contribution in [2.45, 2.75) is 64.3 Å². The smallest absolute Gasteiger partial charge is 0.307 e. The molecule has 2 aliphatic carbocycles. The number of amides is 1. The molecule has 0 spiro atoms. The minimum atomic E-state index is -0.788. The van der Waals surface area contributed by atoms with Crippen LogP contribution < -0.4 is 0 Å². The summed E-state index contributed by atoms with van der Waals surface area (Å²) in [5.41, 5.74) is 0. The van der Waals surface area contributed by atoms with E-state index in [0.717, 1.165) is 51.5 Å². The van der Waals surface area contributed by atoms with Crippen LogP contribution in [0.25, 0.3) is 0 Å². The fraction of sp³-hybridized carbons (Fsp3) is 0.867. The van der Waals surface area contributed by atoms with Crippen LogP contribution in [-0.2, 0) is 9.59 Å². The van der Waals surface area contributed by atoms with Crippen LogP contribution in [0.4, 0.5) is 0 Å². The molecule has 2 saturated carbocycles. The monoisotopic (exact) mass is 267 g/mol. The highest BCUT2D eigenvalue weighted by molar-refractivity contribution is 5.85. The van der Waals surface area contributed by atoms with Crippen molar-refractivity contribution in [2.75, 3.05) is 6.54 Å². The predicted octanol–water partition coefficient (Wildman–Crippen LogP) is 2.67. The van der Waals surface area contributed by atoms with Crippen molar-refractivity contribution in [1.29, 1.82) is 0 Å². The summed E-state index contributed by atoms with van der Waals surface area (Å²) in [5.74, 6) is -1.40. The first-order valence-electron chi connectivity index (χ1n) is 7.68. The Hall–Kier alpha value is -1.06. The summed E-state index contributed by atoms with van der Waals surface area (Å²) < 4.78 is 0. The zero-order valence-corrected chi connectivity index (χ0v) is 11.8. The van der Waals surface area contributed by atoms with E-state index in [9.17, 15) is 14.7 Å². The van der Waals surface area contributed by atoms with Crippen molar-refractivity contribution in [1.82, 2.24) is 4.90 Å². The largest absolute Gasteiger partial charge is 0.481 e. The fourth-order valence-corrected chi connectivity index (χ4v) is 3.12. The minimum Gasteiger partial charge on any atom is -0.481 e. The average Bonchev–Trinajstić information content (AvgIpc) is 3.23. The van der Waals surface area contributed by atoms with E-state index in [1.54, 1.807) is 0 Å². The molecule has 0 aromatic rings. The Kier molecular flexibility index (Phi) is 4.83. The predicted molar refractivity (Wildman–Crippen MR) is 72.7 cm³/mol. The molecule has 108 valence electrons. The standard InChI is InChI=1S/C15H25NO3/c1-2-3-10-16(11-8-9-11)14(17)12-6-4-5-7-13(12)15(18)19/h11-13H,2-10H2,1H3,(H,18,19)/t12-,13+/m1/s1. The maximum absolute atomic E-state index is 12.7. The number of rotatable bonds is 6. The van der Waals surface area contributed by atoms with Crippen LogP contribution in [0.3, 0.4) is 0 Å². The van der Waals surface area contributed by atoms with Gasteiger partial charge in [-0.2, -0.15) is 0 Å². The van der Waals surface area contributed by atoms with Gasteiger partial charge in [0.1, 0.15) is 0 Å². The normalized spacial score (nSPS) is 27.0. The summed E-state index contributed by atoms with van der Waals surface area (Å²) in [6.45, 7) is 2.93. The Balaban J connectivity index is 2.03. The summed E-state index contributed by atoms with van der Waals surface area (Å²) in [5, 5.41) is 9.30. The Morgan fingerprint density at radius 2 is 1.74 bits per heavy atom. The van der Waals surface area contributed by atoms with Crippen LogP contribution >= 0.6 is 0 Å². The Morgan fingerprint density at radius 3 is 2.26 bits per heavy atom. The number of carboxylic acids is 1. The van der Waals surface area contributed by atoms with Crippen LogP contribution in [0, 0.1) is 11.8 Å². The molecule has 1 N–H and O–H groups in total. The van der Waals surface area contributed by atoms with Crippen LogP contribution in [0.5, 0.6) is 0 Å². The summed E-state index contributed by atoms with van der Waals surface area (Å²) in [7, 11) is 0. The molecule has 1 amide bonds. The molecule has 0 heterocycles. The summed E-state index contributed by atoms with van der Waals surface area (Å²) in [4.78, 5) is 26.0. The van der Waals surface area contributed by atoms with Gasteiger partial charge in [-0.3, -0.25) is 9.59 Å². The minimum absolute atomic E-state index is 0.114. The van der Waals surface area contributed by atoms with Gasteiger partial charge in [-0.1, -0.05) is 26.2 Å². The second-order valence-electron chi connectivity index (χ2n) is 5.95. The first-order valence-corrected chi connectivity index (χ1v) is 7.68. The third kappa shape index (κ3) is 3.48. The van der Waals surface area contributed by atoms with E-state index in [4.69, 9.17) is 0 Å². The first-order chi connectivity index (χ1) is 9.15. The molecule has 0 aliphatic heterocycles. The molecule has 0 saturated heterocycles. The number of nitrogens with zero attached hydrogens (tertiary/aromatic N) is 1. The third-order valence-electron chi connectivity index (χ3n) is 4.42. The lowest BCUT2D eigenvalue weighted by atomic mass is 9.78. The van der Waals surface area contributed by atoms with Gasteiger partial charge in [0.2, 0.25) is 5.91 Å². The van der Waals surface area contributed by atoms with Crippen LogP contribution in [0.15, 0.2) is 0 Å². The summed E-state index contributed by atoms with van der Waals surface area (Å²) >= 11 is 0. The number of carbonyl (C=O) groups excluding carboxylic acids is 1. The Bertz CT molecular complexity index is 338. The van der Waals surface area contributed by atoms with Gasteiger partial charge >= 0.3 is 5.97 Å². The van der Waals surface area contributed by atoms with Gasteiger partial charge in [-0.25, -0.2) is 0 Å².